The molecular weight excluding hydrogens is 330 g/mol. The standard InChI is InChI=1S/C14H12ClNO5S/c1-19-12-4-2-9(15)6-14(12)22(17,18)16-10-3-5-11-13(7-10)21-8-20-11/h2-7,16H,8H2,1H3. The first-order valence-corrected chi connectivity index (χ1v) is 8.12. The minimum atomic E-state index is -3.85. The van der Waals surface area contributed by atoms with Crippen LogP contribution in [0.3, 0.4) is 0 Å². The first kappa shape index (κ1) is 14.8. The topological polar surface area (TPSA) is 73.9 Å². The van der Waals surface area contributed by atoms with E-state index in [1.807, 2.05) is 0 Å². The number of halogens is 1. The molecule has 0 fully saturated rings. The first-order valence-electron chi connectivity index (χ1n) is 6.25. The first-order chi connectivity index (χ1) is 10.5. The monoisotopic (exact) mass is 341 g/mol. The van der Waals surface area contributed by atoms with Gasteiger partial charge in [-0.05, 0) is 30.3 Å². The molecule has 22 heavy (non-hydrogen) atoms. The van der Waals surface area contributed by atoms with Crippen LogP contribution in [0.25, 0.3) is 0 Å². The predicted molar refractivity (Wildman–Crippen MR) is 81.4 cm³/mol. The minimum absolute atomic E-state index is 0.0415. The molecule has 0 radical (unpaired) electrons. The van der Waals surface area contributed by atoms with Crippen molar-refractivity contribution < 1.29 is 22.6 Å². The number of nitrogens with one attached hydrogen (secondary N) is 1. The van der Waals surface area contributed by atoms with Crippen LogP contribution in [0, 0.1) is 0 Å². The molecule has 6 nitrogen and oxygen atoms in total. The van der Waals surface area contributed by atoms with E-state index in [0.29, 0.717) is 22.2 Å². The van der Waals surface area contributed by atoms with Crippen LogP contribution in [0.15, 0.2) is 41.3 Å². The summed E-state index contributed by atoms with van der Waals surface area (Å²) in [6.45, 7) is 0.119. The van der Waals surface area contributed by atoms with Gasteiger partial charge in [-0.15, -0.1) is 0 Å². The quantitative estimate of drug-likeness (QED) is 0.925. The van der Waals surface area contributed by atoms with Gasteiger partial charge in [0.1, 0.15) is 10.6 Å². The second-order valence-corrected chi connectivity index (χ2v) is 6.56. The van der Waals surface area contributed by atoms with Crippen molar-refractivity contribution in [3.8, 4) is 17.2 Å². The average molecular weight is 342 g/mol. The van der Waals surface area contributed by atoms with E-state index in [9.17, 15) is 8.42 Å². The van der Waals surface area contributed by atoms with Gasteiger partial charge in [0.25, 0.3) is 10.0 Å². The van der Waals surface area contributed by atoms with Gasteiger partial charge in [0.2, 0.25) is 6.79 Å². The summed E-state index contributed by atoms with van der Waals surface area (Å²) in [6, 6.07) is 9.15. The second kappa shape index (κ2) is 5.58. The van der Waals surface area contributed by atoms with E-state index in [1.165, 1.54) is 19.2 Å². The van der Waals surface area contributed by atoms with Gasteiger partial charge in [-0.25, -0.2) is 8.42 Å². The Balaban J connectivity index is 1.95. The lowest BCUT2D eigenvalue weighted by Gasteiger charge is -2.12. The molecule has 0 saturated heterocycles. The van der Waals surface area contributed by atoms with Crippen LogP contribution in [0.5, 0.6) is 17.2 Å². The number of hydrogen-bond donors (Lipinski definition) is 1. The molecule has 0 spiro atoms. The van der Waals surface area contributed by atoms with Crippen LogP contribution in [-0.2, 0) is 10.0 Å². The molecular formula is C14H12ClNO5S. The SMILES string of the molecule is COc1ccc(Cl)cc1S(=O)(=O)Nc1ccc2c(c1)OCO2. The Labute approximate surface area is 132 Å². The Morgan fingerprint density at radius 1 is 1.14 bits per heavy atom. The predicted octanol–water partition coefficient (Wildman–Crippen LogP) is 2.88. The molecule has 2 aromatic carbocycles. The highest BCUT2D eigenvalue weighted by atomic mass is 35.5. The van der Waals surface area contributed by atoms with Gasteiger partial charge in [-0.2, -0.15) is 0 Å². The summed E-state index contributed by atoms with van der Waals surface area (Å²) in [7, 11) is -2.46. The number of anilines is 1. The largest absolute Gasteiger partial charge is 0.495 e. The van der Waals surface area contributed by atoms with Crippen molar-refractivity contribution in [3.05, 3.63) is 41.4 Å². The normalized spacial score (nSPS) is 13.0. The third-order valence-electron chi connectivity index (χ3n) is 3.04. The van der Waals surface area contributed by atoms with Crippen molar-refractivity contribution in [3.63, 3.8) is 0 Å². The van der Waals surface area contributed by atoms with Crippen molar-refractivity contribution >= 4 is 27.3 Å². The third-order valence-corrected chi connectivity index (χ3v) is 4.68. The Morgan fingerprint density at radius 2 is 1.91 bits per heavy atom. The van der Waals surface area contributed by atoms with Crippen LogP contribution in [0.4, 0.5) is 5.69 Å². The molecule has 2 aromatic rings. The van der Waals surface area contributed by atoms with E-state index in [2.05, 4.69) is 4.72 Å². The van der Waals surface area contributed by atoms with Crippen molar-refractivity contribution in [1.82, 2.24) is 0 Å². The molecule has 0 amide bonds. The number of benzene rings is 2. The lowest BCUT2D eigenvalue weighted by atomic mass is 10.3. The summed E-state index contributed by atoms with van der Waals surface area (Å²) in [5.74, 6) is 1.26. The van der Waals surface area contributed by atoms with Crippen LogP contribution in [-0.4, -0.2) is 22.3 Å². The molecule has 116 valence electrons. The highest BCUT2D eigenvalue weighted by Gasteiger charge is 2.21. The van der Waals surface area contributed by atoms with Gasteiger partial charge < -0.3 is 14.2 Å². The number of sulfonamides is 1. The van der Waals surface area contributed by atoms with Crippen LogP contribution in [0.1, 0.15) is 0 Å². The van der Waals surface area contributed by atoms with Crippen molar-refractivity contribution in [2.75, 3.05) is 18.6 Å². The minimum Gasteiger partial charge on any atom is -0.495 e. The van der Waals surface area contributed by atoms with Gasteiger partial charge in [-0.1, -0.05) is 11.6 Å². The fraction of sp³-hybridized carbons (Fsp3) is 0.143. The summed E-state index contributed by atoms with van der Waals surface area (Å²) in [5, 5.41) is 0.298. The summed E-state index contributed by atoms with van der Waals surface area (Å²) >= 11 is 5.88. The van der Waals surface area contributed by atoms with Gasteiger partial charge >= 0.3 is 0 Å². The van der Waals surface area contributed by atoms with E-state index in [4.69, 9.17) is 25.8 Å². The number of fused-ring (bicyclic) bond motifs is 1. The number of methoxy groups -OCH3 is 1. The zero-order valence-corrected chi connectivity index (χ0v) is 13.1. The zero-order chi connectivity index (χ0) is 15.7. The molecule has 0 unspecified atom stereocenters. The maximum absolute atomic E-state index is 12.5. The Bertz CT molecular complexity index is 822. The summed E-state index contributed by atoms with van der Waals surface area (Å²) in [5.41, 5.74) is 0.353. The van der Waals surface area contributed by atoms with Crippen molar-refractivity contribution in [2.45, 2.75) is 4.90 Å². The highest BCUT2D eigenvalue weighted by Crippen LogP contribution is 2.35. The lowest BCUT2D eigenvalue weighted by Crippen LogP contribution is -2.14. The Hall–Kier alpha value is -2.12. The molecule has 1 aliphatic heterocycles. The lowest BCUT2D eigenvalue weighted by molar-refractivity contribution is 0.174. The fourth-order valence-electron chi connectivity index (χ4n) is 2.03. The van der Waals surface area contributed by atoms with Gasteiger partial charge in [0, 0.05) is 11.1 Å². The molecule has 0 atom stereocenters. The third kappa shape index (κ3) is 2.77. The molecule has 1 heterocycles. The number of rotatable bonds is 4. The van der Waals surface area contributed by atoms with Crippen LogP contribution in [0.2, 0.25) is 5.02 Å². The molecule has 1 N–H and O–H groups in total. The molecule has 0 aliphatic carbocycles. The van der Waals surface area contributed by atoms with E-state index in [-0.39, 0.29) is 17.4 Å². The zero-order valence-electron chi connectivity index (χ0n) is 11.5. The van der Waals surface area contributed by atoms with Crippen LogP contribution >= 0.6 is 11.6 Å². The Kier molecular flexibility index (Phi) is 3.76. The fourth-order valence-corrected chi connectivity index (χ4v) is 3.51. The van der Waals surface area contributed by atoms with E-state index in [0.717, 1.165) is 0 Å². The molecule has 0 saturated carbocycles. The van der Waals surface area contributed by atoms with E-state index < -0.39 is 10.0 Å². The smallest absolute Gasteiger partial charge is 0.265 e. The number of ether oxygens (including phenoxy) is 3. The average Bonchev–Trinajstić information content (AvgIpc) is 2.94. The van der Waals surface area contributed by atoms with E-state index >= 15 is 0 Å². The molecule has 1 aliphatic rings. The molecule has 0 aromatic heterocycles. The van der Waals surface area contributed by atoms with Crippen molar-refractivity contribution in [2.24, 2.45) is 0 Å². The van der Waals surface area contributed by atoms with E-state index in [1.54, 1.807) is 24.3 Å². The molecule has 8 heteroatoms. The summed E-state index contributed by atoms with van der Waals surface area (Å²) < 4.78 is 43.0. The van der Waals surface area contributed by atoms with Gasteiger partial charge in [-0.3, -0.25) is 4.72 Å². The van der Waals surface area contributed by atoms with Gasteiger partial charge in [0.05, 0.1) is 12.8 Å². The second-order valence-electron chi connectivity index (χ2n) is 4.47. The summed E-state index contributed by atoms with van der Waals surface area (Å²) in [6.07, 6.45) is 0. The Morgan fingerprint density at radius 3 is 2.68 bits per heavy atom. The van der Waals surface area contributed by atoms with Crippen molar-refractivity contribution in [1.29, 1.82) is 0 Å². The van der Waals surface area contributed by atoms with Gasteiger partial charge in [0.15, 0.2) is 11.5 Å². The maximum Gasteiger partial charge on any atom is 0.265 e. The van der Waals surface area contributed by atoms with Crippen LogP contribution < -0.4 is 18.9 Å². The number of hydrogen-bond acceptors (Lipinski definition) is 5. The summed E-state index contributed by atoms with van der Waals surface area (Å²) in [4.78, 5) is -0.0415. The maximum atomic E-state index is 12.5. The molecule has 0 bridgehead atoms. The molecule has 3 rings (SSSR count). The highest BCUT2D eigenvalue weighted by molar-refractivity contribution is 7.92.